The lowest BCUT2D eigenvalue weighted by atomic mass is 10.1. The molecule has 8 heteroatoms. The van der Waals surface area contributed by atoms with Gasteiger partial charge in [0.1, 0.15) is 13.2 Å². The van der Waals surface area contributed by atoms with E-state index in [9.17, 15) is 9.59 Å². The normalized spacial score (nSPS) is 11.6. The number of methoxy groups -OCH3 is 2. The van der Waals surface area contributed by atoms with Crippen LogP contribution in [0, 0.1) is 0 Å². The first-order valence-corrected chi connectivity index (χ1v) is 7.42. The molecule has 2 N–H and O–H groups in total. The molecule has 0 aliphatic rings. The van der Waals surface area contributed by atoms with Gasteiger partial charge in [-0.05, 0) is 26.2 Å². The predicted octanol–water partition coefficient (Wildman–Crippen LogP) is 1.29. The zero-order chi connectivity index (χ0) is 16.6. The largest absolute Gasteiger partial charge is 0.447 e. The molecule has 0 aromatic carbocycles. The van der Waals surface area contributed by atoms with E-state index in [2.05, 4.69) is 10.6 Å². The molecule has 0 fully saturated rings. The molecule has 22 heavy (non-hydrogen) atoms. The van der Waals surface area contributed by atoms with Crippen LogP contribution < -0.4 is 10.6 Å². The van der Waals surface area contributed by atoms with Crippen LogP contribution >= 0.6 is 0 Å². The smallest absolute Gasteiger partial charge is 0.407 e. The Balaban J connectivity index is 3.46. The van der Waals surface area contributed by atoms with Crippen molar-refractivity contribution < 1.29 is 28.5 Å². The number of carbonyl (C=O) groups excluding carboxylic acids is 2. The van der Waals surface area contributed by atoms with E-state index >= 15 is 0 Å². The second-order valence-electron chi connectivity index (χ2n) is 4.73. The Morgan fingerprint density at radius 3 is 2.09 bits per heavy atom. The standard InChI is InChI=1S/C14H28N2O6/c1-12(16-14(18)22-11-9-20-3)6-4-5-7-15-13(17)21-10-8-19-2/h12H,4-11H2,1-3H3,(H,15,17)(H,16,18). The third-order valence-electron chi connectivity index (χ3n) is 2.74. The van der Waals surface area contributed by atoms with Crippen molar-refractivity contribution in [3.05, 3.63) is 0 Å². The highest BCUT2D eigenvalue weighted by Crippen LogP contribution is 2.00. The second-order valence-corrected chi connectivity index (χ2v) is 4.73. The van der Waals surface area contributed by atoms with Gasteiger partial charge in [0.15, 0.2) is 0 Å². The minimum absolute atomic E-state index is 0.0173. The summed E-state index contributed by atoms with van der Waals surface area (Å²) in [6.45, 7) is 3.70. The minimum Gasteiger partial charge on any atom is -0.447 e. The number of unbranched alkanes of at least 4 members (excludes halogenated alkanes) is 1. The molecule has 8 nitrogen and oxygen atoms in total. The van der Waals surface area contributed by atoms with Crippen LogP contribution in [0.1, 0.15) is 26.2 Å². The number of alkyl carbamates (subject to hydrolysis) is 2. The molecule has 0 heterocycles. The van der Waals surface area contributed by atoms with E-state index < -0.39 is 12.2 Å². The average Bonchev–Trinajstić information content (AvgIpc) is 2.47. The molecule has 0 aromatic rings. The second kappa shape index (κ2) is 14.4. The van der Waals surface area contributed by atoms with Gasteiger partial charge in [0.25, 0.3) is 0 Å². The number of nitrogens with one attached hydrogen (secondary N) is 2. The highest BCUT2D eigenvalue weighted by Gasteiger charge is 2.08. The van der Waals surface area contributed by atoms with Gasteiger partial charge < -0.3 is 29.6 Å². The maximum atomic E-state index is 11.4. The first-order valence-electron chi connectivity index (χ1n) is 7.42. The summed E-state index contributed by atoms with van der Waals surface area (Å²) in [5, 5.41) is 5.38. The molecule has 0 bridgehead atoms. The number of ether oxygens (including phenoxy) is 4. The summed E-state index contributed by atoms with van der Waals surface area (Å²) in [5.74, 6) is 0. The summed E-state index contributed by atoms with van der Waals surface area (Å²) in [6, 6.07) is 0.0173. The number of hydrogen-bond donors (Lipinski definition) is 2. The molecular weight excluding hydrogens is 292 g/mol. The summed E-state index contributed by atoms with van der Waals surface area (Å²) < 4.78 is 19.3. The highest BCUT2D eigenvalue weighted by molar-refractivity contribution is 5.67. The van der Waals surface area contributed by atoms with E-state index in [0.29, 0.717) is 19.8 Å². The van der Waals surface area contributed by atoms with Crippen molar-refractivity contribution in [2.24, 2.45) is 0 Å². The minimum atomic E-state index is -0.440. The van der Waals surface area contributed by atoms with Gasteiger partial charge in [-0.15, -0.1) is 0 Å². The van der Waals surface area contributed by atoms with Crippen molar-refractivity contribution in [2.75, 3.05) is 47.2 Å². The number of hydrogen-bond acceptors (Lipinski definition) is 6. The summed E-state index contributed by atoms with van der Waals surface area (Å²) in [6.07, 6.45) is 1.61. The fourth-order valence-corrected chi connectivity index (χ4v) is 1.57. The number of amides is 2. The van der Waals surface area contributed by atoms with Gasteiger partial charge in [-0.3, -0.25) is 0 Å². The van der Waals surface area contributed by atoms with Crippen LogP contribution in [0.15, 0.2) is 0 Å². The lowest BCUT2D eigenvalue weighted by molar-refractivity contribution is 0.0965. The molecule has 130 valence electrons. The molecule has 2 amide bonds. The first kappa shape index (κ1) is 20.5. The molecule has 1 atom stereocenters. The lowest BCUT2D eigenvalue weighted by Gasteiger charge is -2.14. The van der Waals surface area contributed by atoms with Gasteiger partial charge in [0, 0.05) is 26.8 Å². The van der Waals surface area contributed by atoms with Crippen LogP contribution in [0.3, 0.4) is 0 Å². The SMILES string of the molecule is COCCOC(=O)NCCCCC(C)NC(=O)OCCOC. The average molecular weight is 320 g/mol. The van der Waals surface area contributed by atoms with E-state index in [1.54, 1.807) is 14.2 Å². The van der Waals surface area contributed by atoms with Gasteiger partial charge >= 0.3 is 12.2 Å². The molecule has 0 saturated carbocycles. The van der Waals surface area contributed by atoms with Crippen molar-refractivity contribution in [2.45, 2.75) is 32.2 Å². The molecular formula is C14H28N2O6. The van der Waals surface area contributed by atoms with Crippen molar-refractivity contribution in [1.82, 2.24) is 10.6 Å². The predicted molar refractivity (Wildman–Crippen MR) is 80.9 cm³/mol. The fraction of sp³-hybridized carbons (Fsp3) is 0.857. The van der Waals surface area contributed by atoms with Gasteiger partial charge in [0.05, 0.1) is 13.2 Å². The van der Waals surface area contributed by atoms with Crippen molar-refractivity contribution in [3.63, 3.8) is 0 Å². The molecule has 0 rings (SSSR count). The Morgan fingerprint density at radius 2 is 1.50 bits per heavy atom. The van der Waals surface area contributed by atoms with Gasteiger partial charge in [-0.2, -0.15) is 0 Å². The van der Waals surface area contributed by atoms with E-state index in [-0.39, 0.29) is 19.3 Å². The maximum Gasteiger partial charge on any atom is 0.407 e. The number of carbonyl (C=O) groups is 2. The van der Waals surface area contributed by atoms with Gasteiger partial charge in [0.2, 0.25) is 0 Å². The van der Waals surface area contributed by atoms with Crippen LogP contribution in [0.4, 0.5) is 9.59 Å². The Labute approximate surface area is 131 Å². The fourth-order valence-electron chi connectivity index (χ4n) is 1.57. The third-order valence-corrected chi connectivity index (χ3v) is 2.74. The molecule has 0 saturated heterocycles. The zero-order valence-corrected chi connectivity index (χ0v) is 13.7. The van der Waals surface area contributed by atoms with Crippen molar-refractivity contribution in [3.8, 4) is 0 Å². The molecule has 0 aromatic heterocycles. The third kappa shape index (κ3) is 13.4. The monoisotopic (exact) mass is 320 g/mol. The Hall–Kier alpha value is -1.54. The summed E-state index contributed by atoms with van der Waals surface area (Å²) in [4.78, 5) is 22.6. The summed E-state index contributed by atoms with van der Waals surface area (Å²) >= 11 is 0. The zero-order valence-electron chi connectivity index (χ0n) is 13.7. The van der Waals surface area contributed by atoms with Crippen LogP contribution in [0.5, 0.6) is 0 Å². The number of rotatable bonds is 12. The van der Waals surface area contributed by atoms with Gasteiger partial charge in [-0.1, -0.05) is 0 Å². The molecule has 0 aliphatic carbocycles. The summed E-state index contributed by atoms with van der Waals surface area (Å²) in [7, 11) is 3.09. The molecule has 0 spiro atoms. The van der Waals surface area contributed by atoms with Crippen LogP contribution in [0.25, 0.3) is 0 Å². The highest BCUT2D eigenvalue weighted by atomic mass is 16.6. The quantitative estimate of drug-likeness (QED) is 0.526. The maximum absolute atomic E-state index is 11.4. The Kier molecular flexibility index (Phi) is 13.4. The lowest BCUT2D eigenvalue weighted by Crippen LogP contribution is -2.33. The van der Waals surface area contributed by atoms with E-state index in [1.807, 2.05) is 6.92 Å². The van der Waals surface area contributed by atoms with Crippen LogP contribution in [-0.4, -0.2) is 65.4 Å². The van der Waals surface area contributed by atoms with Crippen LogP contribution in [-0.2, 0) is 18.9 Å². The topological polar surface area (TPSA) is 95.1 Å². The van der Waals surface area contributed by atoms with E-state index in [1.165, 1.54) is 0 Å². The Bertz CT molecular complexity index is 301. The Morgan fingerprint density at radius 1 is 0.909 bits per heavy atom. The molecule has 0 radical (unpaired) electrons. The molecule has 0 aliphatic heterocycles. The van der Waals surface area contributed by atoms with E-state index in [0.717, 1.165) is 19.3 Å². The van der Waals surface area contributed by atoms with Gasteiger partial charge in [-0.25, -0.2) is 9.59 Å². The van der Waals surface area contributed by atoms with E-state index in [4.69, 9.17) is 18.9 Å². The first-order chi connectivity index (χ1) is 10.6. The summed E-state index contributed by atoms with van der Waals surface area (Å²) in [5.41, 5.74) is 0. The van der Waals surface area contributed by atoms with Crippen molar-refractivity contribution in [1.29, 1.82) is 0 Å². The van der Waals surface area contributed by atoms with Crippen molar-refractivity contribution >= 4 is 12.2 Å². The van der Waals surface area contributed by atoms with Crippen LogP contribution in [0.2, 0.25) is 0 Å². The molecule has 1 unspecified atom stereocenters.